The van der Waals surface area contributed by atoms with Crippen LogP contribution in [-0.2, 0) is 14.3 Å². The van der Waals surface area contributed by atoms with Gasteiger partial charge in [-0.05, 0) is 35.1 Å². The fourth-order valence-corrected chi connectivity index (χ4v) is 3.89. The van der Waals surface area contributed by atoms with E-state index in [2.05, 4.69) is 22.8 Å². The third-order valence-corrected chi connectivity index (χ3v) is 5.68. The minimum absolute atomic E-state index is 0.00896. The number of amides is 2. The van der Waals surface area contributed by atoms with E-state index >= 15 is 0 Å². The van der Waals surface area contributed by atoms with Gasteiger partial charge < -0.3 is 20.5 Å². The number of carbonyl (C=O) groups excluding carboxylic acids is 2. The second-order valence-electron chi connectivity index (χ2n) is 7.81. The van der Waals surface area contributed by atoms with Crippen LogP contribution < -0.4 is 10.6 Å². The molecule has 0 fully saturated rings. The summed E-state index contributed by atoms with van der Waals surface area (Å²) in [6.45, 7) is 3.86. The van der Waals surface area contributed by atoms with Gasteiger partial charge in [-0.1, -0.05) is 61.9 Å². The fourth-order valence-electron chi connectivity index (χ4n) is 3.89. The molecule has 7 nitrogen and oxygen atoms in total. The van der Waals surface area contributed by atoms with Gasteiger partial charge in [0.25, 0.3) is 0 Å². The molecule has 0 heterocycles. The summed E-state index contributed by atoms with van der Waals surface area (Å²) < 4.78 is 5.45. The van der Waals surface area contributed by atoms with Gasteiger partial charge in [-0.2, -0.15) is 0 Å². The van der Waals surface area contributed by atoms with Crippen LogP contribution in [0.5, 0.6) is 0 Å². The van der Waals surface area contributed by atoms with Crippen LogP contribution in [0, 0.1) is 5.92 Å². The molecule has 2 atom stereocenters. The van der Waals surface area contributed by atoms with Crippen molar-refractivity contribution in [3.63, 3.8) is 0 Å². The lowest BCUT2D eigenvalue weighted by atomic mass is 9.98. The predicted molar refractivity (Wildman–Crippen MR) is 117 cm³/mol. The highest BCUT2D eigenvalue weighted by atomic mass is 16.5. The third-order valence-electron chi connectivity index (χ3n) is 5.68. The largest absolute Gasteiger partial charge is 0.481 e. The van der Waals surface area contributed by atoms with Crippen LogP contribution in [-0.4, -0.2) is 42.3 Å². The highest BCUT2D eigenvalue weighted by Gasteiger charge is 2.29. The number of alkyl carbamates (subject to hydrolysis) is 1. The Morgan fingerprint density at radius 1 is 1.03 bits per heavy atom. The molecule has 1 aliphatic rings. The molecule has 0 spiro atoms. The molecule has 0 radical (unpaired) electrons. The highest BCUT2D eigenvalue weighted by molar-refractivity contribution is 5.85. The molecule has 164 valence electrons. The second-order valence-corrected chi connectivity index (χ2v) is 7.81. The molecule has 2 amide bonds. The molecule has 0 saturated heterocycles. The first kappa shape index (κ1) is 22.3. The lowest BCUT2D eigenvalue weighted by molar-refractivity contribution is -0.138. The van der Waals surface area contributed by atoms with E-state index in [4.69, 9.17) is 9.84 Å². The summed E-state index contributed by atoms with van der Waals surface area (Å²) >= 11 is 0. The summed E-state index contributed by atoms with van der Waals surface area (Å²) in [5, 5.41) is 14.1. The van der Waals surface area contributed by atoms with Crippen molar-refractivity contribution in [2.75, 3.05) is 13.2 Å². The molecule has 0 aliphatic heterocycles. The van der Waals surface area contributed by atoms with Crippen LogP contribution in [0.1, 0.15) is 43.7 Å². The Kier molecular flexibility index (Phi) is 7.28. The Hall–Kier alpha value is -3.35. The van der Waals surface area contributed by atoms with Crippen molar-refractivity contribution in [1.29, 1.82) is 0 Å². The van der Waals surface area contributed by atoms with Gasteiger partial charge in [0.2, 0.25) is 5.91 Å². The number of carboxylic acids is 1. The quantitative estimate of drug-likeness (QED) is 0.571. The lowest BCUT2D eigenvalue weighted by Crippen LogP contribution is -2.46. The zero-order chi connectivity index (χ0) is 22.4. The molecule has 1 unspecified atom stereocenters. The topological polar surface area (TPSA) is 105 Å². The monoisotopic (exact) mass is 424 g/mol. The first-order valence-corrected chi connectivity index (χ1v) is 10.5. The smallest absolute Gasteiger partial charge is 0.407 e. The van der Waals surface area contributed by atoms with Crippen LogP contribution in [0.25, 0.3) is 11.1 Å². The Labute approximate surface area is 181 Å². The normalized spacial score (nSPS) is 14.1. The Balaban J connectivity index is 1.52. The Bertz CT molecular complexity index is 913. The number of nitrogens with one attached hydrogen (secondary N) is 2. The molecule has 2 aromatic rings. The van der Waals surface area contributed by atoms with Crippen molar-refractivity contribution in [3.05, 3.63) is 59.7 Å². The van der Waals surface area contributed by atoms with Gasteiger partial charge >= 0.3 is 12.1 Å². The standard InChI is InChI=1S/C24H28N2O5/c1-3-16(12-22(27)28)13-25-23(29)15(2)26-24(30)31-14-21-19-10-6-4-8-17(19)18-9-5-7-11-20(18)21/h4-11,15-16,21H,3,12-14H2,1-2H3,(H,25,29)(H,26,30)(H,27,28)/t15-,16?/m0/s1. The maximum Gasteiger partial charge on any atom is 0.407 e. The van der Waals surface area contributed by atoms with Crippen LogP contribution in [0.3, 0.4) is 0 Å². The highest BCUT2D eigenvalue weighted by Crippen LogP contribution is 2.44. The number of hydrogen-bond donors (Lipinski definition) is 3. The summed E-state index contributed by atoms with van der Waals surface area (Å²) in [5.74, 6) is -1.48. The first-order chi connectivity index (χ1) is 14.9. The second kappa shape index (κ2) is 10.1. The van der Waals surface area contributed by atoms with E-state index < -0.39 is 18.1 Å². The van der Waals surface area contributed by atoms with Crippen LogP contribution >= 0.6 is 0 Å². The van der Waals surface area contributed by atoms with E-state index in [-0.39, 0.29) is 37.3 Å². The molecule has 0 saturated carbocycles. The lowest BCUT2D eigenvalue weighted by Gasteiger charge is -2.18. The van der Waals surface area contributed by atoms with Crippen molar-refractivity contribution < 1.29 is 24.2 Å². The van der Waals surface area contributed by atoms with E-state index in [1.54, 1.807) is 6.92 Å². The molecule has 7 heteroatoms. The number of benzene rings is 2. The van der Waals surface area contributed by atoms with Crippen molar-refractivity contribution in [3.8, 4) is 11.1 Å². The maximum absolute atomic E-state index is 12.3. The van der Waals surface area contributed by atoms with E-state index in [0.717, 1.165) is 22.3 Å². The molecular formula is C24H28N2O5. The van der Waals surface area contributed by atoms with E-state index in [1.807, 2.05) is 43.3 Å². The third kappa shape index (κ3) is 5.42. The summed E-state index contributed by atoms with van der Waals surface area (Å²) in [7, 11) is 0. The number of fused-ring (bicyclic) bond motifs is 3. The number of ether oxygens (including phenoxy) is 1. The zero-order valence-electron chi connectivity index (χ0n) is 17.8. The van der Waals surface area contributed by atoms with Crippen molar-refractivity contribution in [2.45, 2.75) is 38.6 Å². The molecule has 0 aromatic heterocycles. The maximum atomic E-state index is 12.3. The number of carboxylic acid groups (broad SMARTS) is 1. The van der Waals surface area contributed by atoms with Crippen molar-refractivity contribution in [1.82, 2.24) is 10.6 Å². The van der Waals surface area contributed by atoms with E-state index in [0.29, 0.717) is 6.42 Å². The molecule has 3 N–H and O–H groups in total. The molecular weight excluding hydrogens is 396 g/mol. The Morgan fingerprint density at radius 3 is 2.16 bits per heavy atom. The van der Waals surface area contributed by atoms with Gasteiger partial charge in [0.15, 0.2) is 0 Å². The average molecular weight is 424 g/mol. The van der Waals surface area contributed by atoms with Crippen molar-refractivity contribution >= 4 is 18.0 Å². The molecule has 2 aromatic carbocycles. The zero-order valence-corrected chi connectivity index (χ0v) is 17.8. The summed E-state index contributed by atoms with van der Waals surface area (Å²) in [6.07, 6.45) is -0.0340. The number of hydrogen-bond acceptors (Lipinski definition) is 4. The average Bonchev–Trinajstić information content (AvgIpc) is 3.08. The van der Waals surface area contributed by atoms with E-state index in [1.165, 1.54) is 0 Å². The summed E-state index contributed by atoms with van der Waals surface area (Å²) in [6, 6.07) is 15.3. The number of rotatable bonds is 9. The van der Waals surface area contributed by atoms with Crippen LogP contribution in [0.4, 0.5) is 4.79 Å². The minimum Gasteiger partial charge on any atom is -0.481 e. The first-order valence-electron chi connectivity index (χ1n) is 10.5. The molecule has 31 heavy (non-hydrogen) atoms. The number of aliphatic carboxylic acids is 1. The van der Waals surface area contributed by atoms with E-state index in [9.17, 15) is 14.4 Å². The van der Waals surface area contributed by atoms with Gasteiger partial charge in [-0.25, -0.2) is 4.79 Å². The van der Waals surface area contributed by atoms with Gasteiger partial charge in [-0.15, -0.1) is 0 Å². The van der Waals surface area contributed by atoms with Crippen LogP contribution in [0.15, 0.2) is 48.5 Å². The van der Waals surface area contributed by atoms with Gasteiger partial charge in [-0.3, -0.25) is 9.59 Å². The summed E-state index contributed by atoms with van der Waals surface area (Å²) in [5.41, 5.74) is 4.52. The minimum atomic E-state index is -0.897. The summed E-state index contributed by atoms with van der Waals surface area (Å²) in [4.78, 5) is 35.4. The van der Waals surface area contributed by atoms with Crippen LogP contribution in [0.2, 0.25) is 0 Å². The van der Waals surface area contributed by atoms with Crippen molar-refractivity contribution in [2.24, 2.45) is 5.92 Å². The van der Waals surface area contributed by atoms with Gasteiger partial charge in [0.05, 0.1) is 0 Å². The molecule has 0 bridgehead atoms. The predicted octanol–water partition coefficient (Wildman–Crippen LogP) is 3.53. The fraction of sp³-hybridized carbons (Fsp3) is 0.375. The number of carbonyl (C=O) groups is 3. The van der Waals surface area contributed by atoms with Gasteiger partial charge in [0.1, 0.15) is 12.6 Å². The molecule has 3 rings (SSSR count). The Morgan fingerprint density at radius 2 is 1.61 bits per heavy atom. The SMILES string of the molecule is CCC(CNC(=O)[C@H](C)NC(=O)OCC1c2ccccc2-c2ccccc21)CC(=O)O. The molecule has 1 aliphatic carbocycles. The van der Waals surface area contributed by atoms with Gasteiger partial charge in [0, 0.05) is 18.9 Å².